The summed E-state index contributed by atoms with van der Waals surface area (Å²) in [6.45, 7) is 4.91. The van der Waals surface area contributed by atoms with Gasteiger partial charge < -0.3 is 15.0 Å². The number of hydrogen-bond acceptors (Lipinski definition) is 3. The second-order valence-electron chi connectivity index (χ2n) is 6.84. The Labute approximate surface area is 188 Å². The van der Waals surface area contributed by atoms with Crippen molar-refractivity contribution in [3.8, 4) is 5.75 Å². The molecule has 0 spiro atoms. The molecule has 0 aliphatic rings. The summed E-state index contributed by atoms with van der Waals surface area (Å²) < 4.78 is 5.67. The summed E-state index contributed by atoms with van der Waals surface area (Å²) in [5.41, 5.74) is 0.748. The molecule has 1 N–H and O–H groups in total. The van der Waals surface area contributed by atoms with Crippen LogP contribution in [0.25, 0.3) is 0 Å². The number of nitrogens with zero attached hydrogens (tertiary/aromatic N) is 1. The molecule has 0 fully saturated rings. The molecule has 30 heavy (non-hydrogen) atoms. The van der Waals surface area contributed by atoms with Crippen LogP contribution in [0.3, 0.4) is 0 Å². The molecule has 0 saturated carbocycles. The fourth-order valence-corrected chi connectivity index (χ4v) is 3.59. The Morgan fingerprint density at radius 2 is 1.83 bits per heavy atom. The molecule has 0 bridgehead atoms. The number of hydrogen-bond donors (Lipinski definition) is 1. The van der Waals surface area contributed by atoms with Crippen LogP contribution in [0.1, 0.15) is 38.7 Å². The lowest BCUT2D eigenvalue weighted by Gasteiger charge is -2.31. The molecule has 2 aromatic rings. The zero-order valence-corrected chi connectivity index (χ0v) is 18.9. The molecule has 1 atom stereocenters. The number of ether oxygens (including phenoxy) is 1. The van der Waals surface area contributed by atoms with E-state index in [0.717, 1.165) is 11.3 Å². The van der Waals surface area contributed by atoms with Gasteiger partial charge >= 0.3 is 0 Å². The first-order chi connectivity index (χ1) is 14.5. The maximum absolute atomic E-state index is 13.1. The lowest BCUT2D eigenvalue weighted by molar-refractivity contribution is -0.141. The largest absolute Gasteiger partial charge is 0.494 e. The van der Waals surface area contributed by atoms with E-state index in [1.165, 1.54) is 0 Å². The van der Waals surface area contributed by atoms with Gasteiger partial charge in [0.15, 0.2) is 0 Å². The highest BCUT2D eigenvalue weighted by Crippen LogP contribution is 2.24. The van der Waals surface area contributed by atoms with Crippen LogP contribution in [0.5, 0.6) is 5.75 Å². The van der Waals surface area contributed by atoms with Crippen LogP contribution in [0.15, 0.2) is 48.5 Å². The van der Waals surface area contributed by atoms with Gasteiger partial charge in [-0.1, -0.05) is 54.4 Å². The summed E-state index contributed by atoms with van der Waals surface area (Å²) in [6.07, 6.45) is 1.32. The summed E-state index contributed by atoms with van der Waals surface area (Å²) in [4.78, 5) is 27.2. The van der Waals surface area contributed by atoms with E-state index in [-0.39, 0.29) is 24.8 Å². The van der Waals surface area contributed by atoms with Crippen molar-refractivity contribution < 1.29 is 14.3 Å². The van der Waals surface area contributed by atoms with E-state index in [1.807, 2.05) is 44.2 Å². The Morgan fingerprint density at radius 3 is 2.47 bits per heavy atom. The van der Waals surface area contributed by atoms with E-state index in [0.29, 0.717) is 36.0 Å². The molecule has 0 unspecified atom stereocenters. The minimum absolute atomic E-state index is 0.115. The van der Waals surface area contributed by atoms with Gasteiger partial charge in [0.1, 0.15) is 11.8 Å². The van der Waals surface area contributed by atoms with Gasteiger partial charge in [0, 0.05) is 29.6 Å². The Hall–Kier alpha value is -2.24. The van der Waals surface area contributed by atoms with Gasteiger partial charge in [-0.15, -0.1) is 0 Å². The lowest BCUT2D eigenvalue weighted by Crippen LogP contribution is -2.49. The van der Waals surface area contributed by atoms with Crippen LogP contribution >= 0.6 is 23.2 Å². The van der Waals surface area contributed by atoms with Crippen LogP contribution in [-0.2, 0) is 16.1 Å². The fraction of sp³-hybridized carbons (Fsp3) is 0.391. The van der Waals surface area contributed by atoms with Gasteiger partial charge in [-0.25, -0.2) is 0 Å². The molecule has 0 heterocycles. The van der Waals surface area contributed by atoms with Gasteiger partial charge in [-0.3, -0.25) is 9.59 Å². The first kappa shape index (κ1) is 24.0. The molecule has 7 heteroatoms. The third-order valence-corrected chi connectivity index (χ3v) is 5.23. The van der Waals surface area contributed by atoms with Crippen molar-refractivity contribution in [3.05, 3.63) is 64.1 Å². The molecule has 2 amide bonds. The number of carbonyl (C=O) groups excluding carboxylic acids is 2. The maximum Gasteiger partial charge on any atom is 0.242 e. The SMILES string of the molecule is CCNC(=O)[C@@H](CC)N(Cc1ccc(Cl)cc1Cl)C(=O)CCCOc1ccccc1. The molecule has 5 nitrogen and oxygen atoms in total. The number of nitrogens with one attached hydrogen (secondary N) is 1. The van der Waals surface area contributed by atoms with Crippen molar-refractivity contribution in [2.24, 2.45) is 0 Å². The third kappa shape index (κ3) is 7.22. The van der Waals surface area contributed by atoms with Crippen molar-refractivity contribution in [2.45, 2.75) is 45.7 Å². The van der Waals surface area contributed by atoms with Crippen LogP contribution in [0.2, 0.25) is 10.0 Å². The monoisotopic (exact) mass is 450 g/mol. The van der Waals surface area contributed by atoms with E-state index >= 15 is 0 Å². The average molecular weight is 451 g/mol. The predicted molar refractivity (Wildman–Crippen MR) is 121 cm³/mol. The highest BCUT2D eigenvalue weighted by atomic mass is 35.5. The minimum atomic E-state index is -0.570. The molecule has 162 valence electrons. The van der Waals surface area contributed by atoms with Crippen LogP contribution in [0.4, 0.5) is 0 Å². The second kappa shape index (κ2) is 12.5. The fourth-order valence-electron chi connectivity index (χ4n) is 3.12. The molecule has 0 aliphatic carbocycles. The topological polar surface area (TPSA) is 58.6 Å². The lowest BCUT2D eigenvalue weighted by atomic mass is 10.1. The van der Waals surface area contributed by atoms with E-state index in [2.05, 4.69) is 5.32 Å². The highest BCUT2D eigenvalue weighted by Gasteiger charge is 2.28. The van der Waals surface area contributed by atoms with Gasteiger partial charge in [0.25, 0.3) is 0 Å². The average Bonchev–Trinajstić information content (AvgIpc) is 2.73. The van der Waals surface area contributed by atoms with Crippen molar-refractivity contribution in [3.63, 3.8) is 0 Å². The Morgan fingerprint density at radius 1 is 1.10 bits per heavy atom. The number of para-hydroxylation sites is 1. The third-order valence-electron chi connectivity index (χ3n) is 4.64. The molecular weight excluding hydrogens is 423 g/mol. The first-order valence-corrected chi connectivity index (χ1v) is 10.9. The van der Waals surface area contributed by atoms with Crippen LogP contribution in [-0.4, -0.2) is 35.9 Å². The predicted octanol–water partition coefficient (Wildman–Crippen LogP) is 5.10. The summed E-state index contributed by atoms with van der Waals surface area (Å²) in [6, 6.07) is 14.0. The van der Waals surface area contributed by atoms with Gasteiger partial charge in [-0.05, 0) is 49.6 Å². The number of carbonyl (C=O) groups is 2. The van der Waals surface area contributed by atoms with Gasteiger partial charge in [-0.2, -0.15) is 0 Å². The zero-order chi connectivity index (χ0) is 21.9. The normalized spacial score (nSPS) is 11.6. The van der Waals surface area contributed by atoms with Crippen molar-refractivity contribution in [1.82, 2.24) is 10.2 Å². The molecule has 0 aromatic heterocycles. The summed E-state index contributed by atoms with van der Waals surface area (Å²) in [7, 11) is 0. The smallest absolute Gasteiger partial charge is 0.242 e. The van der Waals surface area contributed by atoms with Crippen molar-refractivity contribution in [1.29, 1.82) is 0 Å². The van der Waals surface area contributed by atoms with Crippen molar-refractivity contribution >= 4 is 35.0 Å². The number of amides is 2. The zero-order valence-electron chi connectivity index (χ0n) is 17.4. The Balaban J connectivity index is 2.08. The van der Waals surface area contributed by atoms with Gasteiger partial charge in [0.05, 0.1) is 6.61 Å². The second-order valence-corrected chi connectivity index (χ2v) is 7.68. The molecule has 2 aromatic carbocycles. The molecular formula is C23H28Cl2N2O3. The Kier molecular flexibility index (Phi) is 9.98. The van der Waals surface area contributed by atoms with Gasteiger partial charge in [0.2, 0.25) is 11.8 Å². The summed E-state index contributed by atoms with van der Waals surface area (Å²) >= 11 is 12.3. The number of halogens is 2. The molecule has 2 rings (SSSR count). The van der Waals surface area contributed by atoms with E-state index in [1.54, 1.807) is 23.1 Å². The van der Waals surface area contributed by atoms with E-state index in [4.69, 9.17) is 27.9 Å². The molecule has 0 saturated heterocycles. The number of likely N-dealkylation sites (N-methyl/N-ethyl adjacent to an activating group) is 1. The van der Waals surface area contributed by atoms with Crippen LogP contribution < -0.4 is 10.1 Å². The summed E-state index contributed by atoms with van der Waals surface area (Å²) in [5.74, 6) is 0.485. The van der Waals surface area contributed by atoms with E-state index < -0.39 is 6.04 Å². The minimum Gasteiger partial charge on any atom is -0.494 e. The first-order valence-electron chi connectivity index (χ1n) is 10.1. The molecule has 0 aliphatic heterocycles. The standard InChI is InChI=1S/C23H28Cl2N2O3/c1-3-21(23(29)26-4-2)27(16-17-12-13-18(24)15-20(17)25)22(28)11-8-14-30-19-9-6-5-7-10-19/h5-7,9-10,12-13,15,21H,3-4,8,11,14,16H2,1-2H3,(H,26,29)/t21-/m1/s1. The molecule has 0 radical (unpaired) electrons. The number of rotatable bonds is 11. The Bertz CT molecular complexity index is 830. The maximum atomic E-state index is 13.1. The van der Waals surface area contributed by atoms with Crippen LogP contribution in [0, 0.1) is 0 Å². The van der Waals surface area contributed by atoms with E-state index in [9.17, 15) is 9.59 Å². The summed E-state index contributed by atoms with van der Waals surface area (Å²) in [5, 5.41) is 3.81. The highest BCUT2D eigenvalue weighted by molar-refractivity contribution is 6.35. The van der Waals surface area contributed by atoms with Crippen molar-refractivity contribution in [2.75, 3.05) is 13.2 Å². The number of benzene rings is 2. The quantitative estimate of drug-likeness (QED) is 0.484.